The Kier molecular flexibility index (Phi) is 3.69. The van der Waals surface area contributed by atoms with Crippen LogP contribution in [-0.2, 0) is 25.9 Å². The van der Waals surface area contributed by atoms with E-state index in [4.69, 9.17) is 11.6 Å². The molecule has 0 unspecified atom stereocenters. The monoisotopic (exact) mass is 277 g/mol. The molecule has 3 heteroatoms. The summed E-state index contributed by atoms with van der Waals surface area (Å²) in [6.45, 7) is 1.78. The third-order valence-corrected chi connectivity index (χ3v) is 4.98. The number of benzene rings is 1. The first kappa shape index (κ1) is 12.2. The summed E-state index contributed by atoms with van der Waals surface area (Å²) >= 11 is 8.10. The molecular weight excluding hydrogens is 262 g/mol. The molecule has 1 heterocycles. The number of thiophene rings is 1. The quantitative estimate of drug-likeness (QED) is 0.884. The Morgan fingerprint density at radius 2 is 2.06 bits per heavy atom. The van der Waals surface area contributed by atoms with Gasteiger partial charge in [0.1, 0.15) is 0 Å². The highest BCUT2D eigenvalue weighted by molar-refractivity contribution is 7.12. The molecule has 0 bridgehead atoms. The van der Waals surface area contributed by atoms with Gasteiger partial charge in [0, 0.05) is 27.9 Å². The fourth-order valence-corrected chi connectivity index (χ4v) is 3.87. The zero-order valence-corrected chi connectivity index (χ0v) is 11.8. The summed E-state index contributed by atoms with van der Waals surface area (Å²) in [5.74, 6) is 0. The molecule has 1 aliphatic rings. The van der Waals surface area contributed by atoms with Gasteiger partial charge in [0.15, 0.2) is 0 Å². The Labute approximate surface area is 117 Å². The molecule has 1 aromatic heterocycles. The standard InChI is InChI=1S/C15H16ClNS/c16-14-6-2-1-4-12(14)9-17-10-13-8-11-5-3-7-15(11)18-13/h1-2,4,6,8,17H,3,5,7,9-10H2. The van der Waals surface area contributed by atoms with Crippen LogP contribution in [0.3, 0.4) is 0 Å². The molecule has 0 amide bonds. The highest BCUT2D eigenvalue weighted by Gasteiger charge is 2.14. The average molecular weight is 278 g/mol. The lowest BCUT2D eigenvalue weighted by atomic mass is 10.2. The van der Waals surface area contributed by atoms with Crippen molar-refractivity contribution < 1.29 is 0 Å². The van der Waals surface area contributed by atoms with Gasteiger partial charge in [-0.1, -0.05) is 29.8 Å². The summed E-state index contributed by atoms with van der Waals surface area (Å²) in [5.41, 5.74) is 2.75. The van der Waals surface area contributed by atoms with Gasteiger partial charge in [-0.05, 0) is 42.5 Å². The summed E-state index contributed by atoms with van der Waals surface area (Å²) in [7, 11) is 0. The highest BCUT2D eigenvalue weighted by Crippen LogP contribution is 2.30. The smallest absolute Gasteiger partial charge is 0.0450 e. The first-order valence-corrected chi connectivity index (χ1v) is 7.57. The van der Waals surface area contributed by atoms with Crippen molar-refractivity contribution in [3.05, 3.63) is 56.2 Å². The molecule has 0 fully saturated rings. The summed E-state index contributed by atoms with van der Waals surface area (Å²) in [6.07, 6.45) is 3.90. The molecule has 1 aliphatic carbocycles. The Hall–Kier alpha value is -0.830. The van der Waals surface area contributed by atoms with Crippen LogP contribution in [0.1, 0.15) is 27.3 Å². The van der Waals surface area contributed by atoms with Crippen LogP contribution in [0.15, 0.2) is 30.3 Å². The van der Waals surface area contributed by atoms with Crippen molar-refractivity contribution in [3.8, 4) is 0 Å². The van der Waals surface area contributed by atoms with Crippen LogP contribution < -0.4 is 5.32 Å². The number of aryl methyl sites for hydroxylation is 2. The third kappa shape index (κ3) is 2.61. The third-order valence-electron chi connectivity index (χ3n) is 3.37. The maximum absolute atomic E-state index is 6.13. The van der Waals surface area contributed by atoms with Crippen molar-refractivity contribution >= 4 is 22.9 Å². The summed E-state index contributed by atoms with van der Waals surface area (Å²) in [6, 6.07) is 10.4. The normalized spacial score (nSPS) is 13.8. The van der Waals surface area contributed by atoms with E-state index < -0.39 is 0 Å². The van der Waals surface area contributed by atoms with Crippen molar-refractivity contribution in [1.29, 1.82) is 0 Å². The fourth-order valence-electron chi connectivity index (χ4n) is 2.44. The van der Waals surface area contributed by atoms with E-state index in [1.54, 1.807) is 10.4 Å². The second-order valence-electron chi connectivity index (χ2n) is 4.71. The fraction of sp³-hybridized carbons (Fsp3) is 0.333. The van der Waals surface area contributed by atoms with Crippen molar-refractivity contribution in [1.82, 2.24) is 5.32 Å². The minimum atomic E-state index is 0.836. The molecule has 0 radical (unpaired) electrons. The Balaban J connectivity index is 1.57. The van der Waals surface area contributed by atoms with Crippen LogP contribution in [0.25, 0.3) is 0 Å². The second-order valence-corrected chi connectivity index (χ2v) is 6.34. The van der Waals surface area contributed by atoms with Gasteiger partial charge in [-0.3, -0.25) is 0 Å². The number of fused-ring (bicyclic) bond motifs is 1. The Morgan fingerprint density at radius 3 is 2.89 bits per heavy atom. The highest BCUT2D eigenvalue weighted by atomic mass is 35.5. The molecule has 0 saturated carbocycles. The van der Waals surface area contributed by atoms with E-state index in [9.17, 15) is 0 Å². The van der Waals surface area contributed by atoms with Gasteiger partial charge < -0.3 is 5.32 Å². The number of hydrogen-bond donors (Lipinski definition) is 1. The first-order valence-electron chi connectivity index (χ1n) is 6.37. The summed E-state index contributed by atoms with van der Waals surface area (Å²) in [4.78, 5) is 3.05. The van der Waals surface area contributed by atoms with E-state index in [1.165, 1.54) is 29.7 Å². The maximum Gasteiger partial charge on any atom is 0.0450 e. The SMILES string of the molecule is Clc1ccccc1CNCc1cc2c(s1)CCC2. The number of nitrogens with one attached hydrogen (secondary N) is 1. The Bertz CT molecular complexity index is 526. The van der Waals surface area contributed by atoms with E-state index >= 15 is 0 Å². The lowest BCUT2D eigenvalue weighted by Gasteiger charge is -2.05. The lowest BCUT2D eigenvalue weighted by molar-refractivity contribution is 0.700. The predicted molar refractivity (Wildman–Crippen MR) is 78.3 cm³/mol. The molecule has 18 heavy (non-hydrogen) atoms. The van der Waals surface area contributed by atoms with Gasteiger partial charge in [0.2, 0.25) is 0 Å². The summed E-state index contributed by atoms with van der Waals surface area (Å²) in [5, 5.41) is 4.32. The molecule has 2 aromatic rings. The van der Waals surface area contributed by atoms with E-state index in [1.807, 2.05) is 29.5 Å². The molecule has 0 spiro atoms. The zero-order valence-electron chi connectivity index (χ0n) is 10.2. The van der Waals surface area contributed by atoms with E-state index in [2.05, 4.69) is 17.4 Å². The zero-order chi connectivity index (χ0) is 12.4. The van der Waals surface area contributed by atoms with Gasteiger partial charge in [-0.25, -0.2) is 0 Å². The molecule has 0 aliphatic heterocycles. The minimum absolute atomic E-state index is 0.836. The number of rotatable bonds is 4. The van der Waals surface area contributed by atoms with Gasteiger partial charge >= 0.3 is 0 Å². The van der Waals surface area contributed by atoms with Crippen LogP contribution in [0.4, 0.5) is 0 Å². The van der Waals surface area contributed by atoms with Crippen LogP contribution in [0, 0.1) is 0 Å². The van der Waals surface area contributed by atoms with E-state index in [0.29, 0.717) is 0 Å². The number of hydrogen-bond acceptors (Lipinski definition) is 2. The van der Waals surface area contributed by atoms with E-state index in [-0.39, 0.29) is 0 Å². The van der Waals surface area contributed by atoms with Crippen molar-refractivity contribution in [2.24, 2.45) is 0 Å². The minimum Gasteiger partial charge on any atom is -0.308 e. The summed E-state index contributed by atoms with van der Waals surface area (Å²) < 4.78 is 0. The van der Waals surface area contributed by atoms with Crippen molar-refractivity contribution in [2.75, 3.05) is 0 Å². The molecule has 1 N–H and O–H groups in total. The number of halogens is 1. The van der Waals surface area contributed by atoms with Gasteiger partial charge in [0.25, 0.3) is 0 Å². The van der Waals surface area contributed by atoms with Gasteiger partial charge in [0.05, 0.1) is 0 Å². The molecule has 94 valence electrons. The molecule has 0 atom stereocenters. The van der Waals surface area contributed by atoms with Crippen LogP contribution in [0.2, 0.25) is 5.02 Å². The molecular formula is C15H16ClNS. The Morgan fingerprint density at radius 1 is 1.17 bits per heavy atom. The van der Waals surface area contributed by atoms with Gasteiger partial charge in [-0.15, -0.1) is 11.3 Å². The first-order chi connectivity index (χ1) is 8.83. The molecule has 0 saturated heterocycles. The predicted octanol–water partition coefficient (Wildman–Crippen LogP) is 4.18. The molecule has 3 rings (SSSR count). The van der Waals surface area contributed by atoms with Crippen molar-refractivity contribution in [2.45, 2.75) is 32.4 Å². The maximum atomic E-state index is 6.13. The van der Waals surface area contributed by atoms with Crippen LogP contribution in [-0.4, -0.2) is 0 Å². The second kappa shape index (κ2) is 5.43. The largest absolute Gasteiger partial charge is 0.308 e. The van der Waals surface area contributed by atoms with Crippen LogP contribution in [0.5, 0.6) is 0 Å². The lowest BCUT2D eigenvalue weighted by Crippen LogP contribution is -2.12. The molecule has 1 nitrogen and oxygen atoms in total. The molecule has 1 aromatic carbocycles. The van der Waals surface area contributed by atoms with Gasteiger partial charge in [-0.2, -0.15) is 0 Å². The average Bonchev–Trinajstić information content (AvgIpc) is 2.92. The topological polar surface area (TPSA) is 12.0 Å². The van der Waals surface area contributed by atoms with Crippen LogP contribution >= 0.6 is 22.9 Å². The van der Waals surface area contributed by atoms with E-state index in [0.717, 1.165) is 18.1 Å². The van der Waals surface area contributed by atoms with Crippen molar-refractivity contribution in [3.63, 3.8) is 0 Å².